The highest BCUT2D eigenvalue weighted by Crippen LogP contribution is 2.22. The molecule has 1 amide bonds. The van der Waals surface area contributed by atoms with Crippen LogP contribution in [0.5, 0.6) is 5.75 Å². The van der Waals surface area contributed by atoms with Crippen molar-refractivity contribution in [1.29, 1.82) is 0 Å². The molecule has 0 spiro atoms. The van der Waals surface area contributed by atoms with E-state index in [1.807, 2.05) is 0 Å². The molecule has 4 heteroatoms. The molecule has 4 nitrogen and oxygen atoms in total. The monoisotopic (exact) mass is 206 g/mol. The van der Waals surface area contributed by atoms with Gasteiger partial charge in [0.2, 0.25) is 0 Å². The van der Waals surface area contributed by atoms with Crippen LogP contribution in [-0.2, 0) is 0 Å². The van der Waals surface area contributed by atoms with E-state index in [0.29, 0.717) is 23.6 Å². The quantitative estimate of drug-likeness (QED) is 0.574. The van der Waals surface area contributed by atoms with Crippen LogP contribution in [0.2, 0.25) is 0 Å². The van der Waals surface area contributed by atoms with Crippen molar-refractivity contribution in [1.82, 2.24) is 5.32 Å². The van der Waals surface area contributed by atoms with Gasteiger partial charge >= 0.3 is 0 Å². The van der Waals surface area contributed by atoms with Crippen molar-refractivity contribution in [3.63, 3.8) is 0 Å². The van der Waals surface area contributed by atoms with E-state index in [0.717, 1.165) is 0 Å². The second-order valence-electron chi connectivity index (χ2n) is 2.93. The largest absolute Gasteiger partial charge is 0.487 e. The van der Waals surface area contributed by atoms with E-state index in [9.17, 15) is 4.79 Å². The number of hydrogen-bond acceptors (Lipinski definition) is 3. The number of carbonyl (C=O) groups is 1. The standard InChI is InChI=1S/C11H14N2O2/c1-3-6-15-10-7-8(11(14)13-2)4-5-9(10)12/h3-5,7H,1,6,12H2,2H3,(H,13,14). The van der Waals surface area contributed by atoms with Gasteiger partial charge in [0.25, 0.3) is 5.91 Å². The molecule has 3 N–H and O–H groups in total. The highest BCUT2D eigenvalue weighted by Gasteiger charge is 2.06. The average Bonchev–Trinajstić information content (AvgIpc) is 2.27. The second kappa shape index (κ2) is 5.05. The third-order valence-electron chi connectivity index (χ3n) is 1.86. The number of ether oxygens (including phenoxy) is 1. The summed E-state index contributed by atoms with van der Waals surface area (Å²) < 4.78 is 5.30. The number of hydrogen-bond donors (Lipinski definition) is 2. The van der Waals surface area contributed by atoms with Gasteiger partial charge in [-0.25, -0.2) is 0 Å². The minimum atomic E-state index is -0.168. The lowest BCUT2D eigenvalue weighted by atomic mass is 10.2. The lowest BCUT2D eigenvalue weighted by Gasteiger charge is -2.08. The highest BCUT2D eigenvalue weighted by molar-refractivity contribution is 5.95. The molecule has 1 aromatic carbocycles. The molecule has 0 atom stereocenters. The molecule has 1 aromatic rings. The molecular weight excluding hydrogens is 192 g/mol. The molecule has 0 aliphatic rings. The Bertz CT molecular complexity index is 375. The molecule has 0 aliphatic carbocycles. The number of nitrogens with one attached hydrogen (secondary N) is 1. The zero-order chi connectivity index (χ0) is 11.3. The lowest BCUT2D eigenvalue weighted by Crippen LogP contribution is -2.17. The maximum Gasteiger partial charge on any atom is 0.251 e. The summed E-state index contributed by atoms with van der Waals surface area (Å²) >= 11 is 0. The first-order valence-electron chi connectivity index (χ1n) is 4.54. The van der Waals surface area contributed by atoms with Crippen LogP contribution >= 0.6 is 0 Å². The van der Waals surface area contributed by atoms with E-state index in [4.69, 9.17) is 10.5 Å². The van der Waals surface area contributed by atoms with Crippen LogP contribution in [-0.4, -0.2) is 19.6 Å². The van der Waals surface area contributed by atoms with Crippen molar-refractivity contribution < 1.29 is 9.53 Å². The Labute approximate surface area is 88.7 Å². The SMILES string of the molecule is C=CCOc1cc(C(=O)NC)ccc1N. The van der Waals surface area contributed by atoms with Gasteiger partial charge in [-0.05, 0) is 18.2 Å². The topological polar surface area (TPSA) is 64.3 Å². The number of carbonyl (C=O) groups excluding carboxylic acids is 1. The molecule has 0 fully saturated rings. The van der Waals surface area contributed by atoms with Crippen molar-refractivity contribution in [2.75, 3.05) is 19.4 Å². The smallest absolute Gasteiger partial charge is 0.251 e. The minimum absolute atomic E-state index is 0.168. The molecule has 0 unspecified atom stereocenters. The fraction of sp³-hybridized carbons (Fsp3) is 0.182. The lowest BCUT2D eigenvalue weighted by molar-refractivity contribution is 0.0962. The fourth-order valence-electron chi connectivity index (χ4n) is 1.09. The van der Waals surface area contributed by atoms with Crippen LogP contribution in [0.3, 0.4) is 0 Å². The summed E-state index contributed by atoms with van der Waals surface area (Å²) in [5.41, 5.74) is 6.70. The summed E-state index contributed by atoms with van der Waals surface area (Å²) in [5.74, 6) is 0.328. The second-order valence-corrected chi connectivity index (χ2v) is 2.93. The van der Waals surface area contributed by atoms with E-state index < -0.39 is 0 Å². The summed E-state index contributed by atoms with van der Waals surface area (Å²) in [6.45, 7) is 3.90. The highest BCUT2D eigenvalue weighted by atomic mass is 16.5. The molecule has 0 heterocycles. The number of rotatable bonds is 4. The first-order chi connectivity index (χ1) is 7.19. The Morgan fingerprint density at radius 2 is 2.40 bits per heavy atom. The molecule has 15 heavy (non-hydrogen) atoms. The maximum atomic E-state index is 11.3. The molecule has 1 rings (SSSR count). The van der Waals surface area contributed by atoms with E-state index in [1.54, 1.807) is 31.3 Å². The zero-order valence-electron chi connectivity index (χ0n) is 8.62. The van der Waals surface area contributed by atoms with Crippen LogP contribution in [0.1, 0.15) is 10.4 Å². The average molecular weight is 206 g/mol. The Morgan fingerprint density at radius 3 is 3.00 bits per heavy atom. The summed E-state index contributed by atoms with van der Waals surface area (Å²) in [4.78, 5) is 11.3. The molecule has 0 radical (unpaired) electrons. The summed E-state index contributed by atoms with van der Waals surface area (Å²) in [7, 11) is 1.57. The molecule has 0 aliphatic heterocycles. The van der Waals surface area contributed by atoms with Crippen molar-refractivity contribution in [3.05, 3.63) is 36.4 Å². The number of amides is 1. The van der Waals surface area contributed by atoms with Gasteiger partial charge < -0.3 is 15.8 Å². The molecule has 0 aromatic heterocycles. The molecule has 80 valence electrons. The molecule has 0 bridgehead atoms. The van der Waals surface area contributed by atoms with Gasteiger partial charge in [0.1, 0.15) is 12.4 Å². The van der Waals surface area contributed by atoms with Crippen molar-refractivity contribution in [3.8, 4) is 5.75 Å². The zero-order valence-corrected chi connectivity index (χ0v) is 8.62. The van der Waals surface area contributed by atoms with Crippen LogP contribution in [0.15, 0.2) is 30.9 Å². The molecule has 0 saturated carbocycles. The summed E-state index contributed by atoms with van der Waals surface area (Å²) in [5, 5.41) is 2.53. The van der Waals surface area contributed by atoms with Gasteiger partial charge in [-0.2, -0.15) is 0 Å². The van der Waals surface area contributed by atoms with Gasteiger partial charge in [0.05, 0.1) is 5.69 Å². The Balaban J connectivity index is 2.94. The predicted molar refractivity (Wildman–Crippen MR) is 59.9 cm³/mol. The Kier molecular flexibility index (Phi) is 3.74. The van der Waals surface area contributed by atoms with Crippen molar-refractivity contribution in [2.24, 2.45) is 0 Å². The Hall–Kier alpha value is -1.97. The third-order valence-corrected chi connectivity index (χ3v) is 1.86. The summed E-state index contributed by atoms with van der Waals surface area (Å²) in [6.07, 6.45) is 1.62. The van der Waals surface area contributed by atoms with E-state index in [2.05, 4.69) is 11.9 Å². The number of nitrogen functional groups attached to an aromatic ring is 1. The third kappa shape index (κ3) is 2.74. The van der Waals surface area contributed by atoms with E-state index in [-0.39, 0.29) is 5.91 Å². The number of anilines is 1. The van der Waals surface area contributed by atoms with Crippen LogP contribution < -0.4 is 15.8 Å². The molecular formula is C11H14N2O2. The van der Waals surface area contributed by atoms with Crippen LogP contribution in [0, 0.1) is 0 Å². The van der Waals surface area contributed by atoms with Gasteiger partial charge in [0, 0.05) is 12.6 Å². The predicted octanol–water partition coefficient (Wildman–Crippen LogP) is 1.19. The normalized spacial score (nSPS) is 9.40. The summed E-state index contributed by atoms with van der Waals surface area (Å²) in [6, 6.07) is 4.90. The Morgan fingerprint density at radius 1 is 1.67 bits per heavy atom. The van der Waals surface area contributed by atoms with Gasteiger partial charge in [-0.3, -0.25) is 4.79 Å². The van der Waals surface area contributed by atoms with Crippen molar-refractivity contribution >= 4 is 11.6 Å². The van der Waals surface area contributed by atoms with Gasteiger partial charge in [-0.1, -0.05) is 12.7 Å². The van der Waals surface area contributed by atoms with Crippen LogP contribution in [0.25, 0.3) is 0 Å². The number of nitrogens with two attached hydrogens (primary N) is 1. The first-order valence-corrected chi connectivity index (χ1v) is 4.54. The van der Waals surface area contributed by atoms with Gasteiger partial charge in [-0.15, -0.1) is 0 Å². The van der Waals surface area contributed by atoms with Gasteiger partial charge in [0.15, 0.2) is 0 Å². The van der Waals surface area contributed by atoms with Crippen LogP contribution in [0.4, 0.5) is 5.69 Å². The fourth-order valence-corrected chi connectivity index (χ4v) is 1.09. The number of benzene rings is 1. The van der Waals surface area contributed by atoms with E-state index >= 15 is 0 Å². The maximum absolute atomic E-state index is 11.3. The van der Waals surface area contributed by atoms with E-state index in [1.165, 1.54) is 0 Å². The molecule has 0 saturated heterocycles. The minimum Gasteiger partial charge on any atom is -0.487 e. The van der Waals surface area contributed by atoms with Crippen molar-refractivity contribution in [2.45, 2.75) is 0 Å². The first kappa shape index (κ1) is 11.1.